The summed E-state index contributed by atoms with van der Waals surface area (Å²) in [6, 6.07) is -0.844. The van der Waals surface area contributed by atoms with Gasteiger partial charge in [-0.3, -0.25) is 9.59 Å². The molecule has 0 aromatic rings. The molecule has 4 atom stereocenters. The van der Waals surface area contributed by atoms with E-state index in [1.165, 1.54) is 25.5 Å². The fraction of sp³-hybridized carbons (Fsp3) is 0.467. The Bertz CT molecular complexity index is 1150. The van der Waals surface area contributed by atoms with Crippen LogP contribution in [-0.4, -0.2) is 49.2 Å². The number of halogens is 1. The number of amides is 3. The van der Waals surface area contributed by atoms with Gasteiger partial charge in [0.2, 0.25) is 11.8 Å². The summed E-state index contributed by atoms with van der Waals surface area (Å²) < 4.78 is 15.3. The molecule has 0 saturated carbocycles. The second-order valence-electron chi connectivity index (χ2n) is 10.3. The summed E-state index contributed by atoms with van der Waals surface area (Å²) in [6.45, 7) is 9.08. The number of rotatable bonds is 12. The first-order valence-electron chi connectivity index (χ1n) is 13.1. The van der Waals surface area contributed by atoms with Gasteiger partial charge in [-0.15, -0.1) is 0 Å². The topological polar surface area (TPSA) is 146 Å². The number of esters is 1. The third-order valence-corrected chi connectivity index (χ3v) is 5.94. The summed E-state index contributed by atoms with van der Waals surface area (Å²) in [5, 5.41) is 5.90. The standard InChI is InChI=1S/C30H40ClN3O7/c1-20(23-17-18-24(39-6)28(37)41-23)12-9-7-8-10-14-25(35)34-26(30(3,4)5)27(36)33-19-11-13-22(40-29(32)38)16-15-21(2)31/h9-12,14-15,18-20,22-23,26H,13,16-17H2,1-6H3,(H2,32,38)(H,33,36)(H,34,35)/b12-9-,14-10+,19-11-,21-15+/t20-,22+,23-,26+/m0/s1. The van der Waals surface area contributed by atoms with E-state index in [0.717, 1.165) is 0 Å². The van der Waals surface area contributed by atoms with E-state index in [9.17, 15) is 19.2 Å². The van der Waals surface area contributed by atoms with Crippen LogP contribution in [0.4, 0.5) is 4.79 Å². The molecule has 0 unspecified atom stereocenters. The third kappa shape index (κ3) is 14.3. The zero-order chi connectivity index (χ0) is 31.0. The van der Waals surface area contributed by atoms with Crippen LogP contribution < -0.4 is 16.4 Å². The molecule has 0 aromatic heterocycles. The maximum absolute atomic E-state index is 12.8. The lowest BCUT2D eigenvalue weighted by Gasteiger charge is -2.29. The molecule has 0 saturated heterocycles. The lowest BCUT2D eigenvalue weighted by Crippen LogP contribution is -2.52. The number of carbonyl (C=O) groups is 4. The highest BCUT2D eigenvalue weighted by Gasteiger charge is 2.32. The zero-order valence-corrected chi connectivity index (χ0v) is 25.1. The van der Waals surface area contributed by atoms with Crippen LogP contribution in [0.25, 0.3) is 0 Å². The first kappa shape index (κ1) is 35.1. The molecule has 0 bridgehead atoms. The maximum atomic E-state index is 12.8. The molecule has 0 aliphatic carbocycles. The smallest absolute Gasteiger partial charge is 0.404 e. The third-order valence-electron chi connectivity index (χ3n) is 5.79. The molecule has 1 heterocycles. The monoisotopic (exact) mass is 589 g/mol. The number of methoxy groups -OCH3 is 1. The van der Waals surface area contributed by atoms with Crippen LogP contribution in [0, 0.1) is 23.2 Å². The number of ether oxygens (including phenoxy) is 3. The molecule has 4 N–H and O–H groups in total. The van der Waals surface area contributed by atoms with Crippen molar-refractivity contribution in [3.63, 3.8) is 0 Å². The first-order valence-corrected chi connectivity index (χ1v) is 13.5. The van der Waals surface area contributed by atoms with E-state index in [2.05, 4.69) is 22.5 Å². The summed E-state index contributed by atoms with van der Waals surface area (Å²) >= 11 is 5.83. The molecule has 0 aromatic carbocycles. The Morgan fingerprint density at radius 2 is 1.93 bits per heavy atom. The van der Waals surface area contributed by atoms with Crippen molar-refractivity contribution in [1.29, 1.82) is 0 Å². The van der Waals surface area contributed by atoms with Gasteiger partial charge in [-0.05, 0) is 36.8 Å². The minimum absolute atomic E-state index is 0.0662. The number of carbonyl (C=O) groups excluding carboxylic acids is 4. The van der Waals surface area contributed by atoms with E-state index < -0.39 is 41.4 Å². The van der Waals surface area contributed by atoms with Gasteiger partial charge in [0.05, 0.1) is 7.11 Å². The van der Waals surface area contributed by atoms with Crippen LogP contribution >= 0.6 is 11.6 Å². The second kappa shape index (κ2) is 17.7. The summed E-state index contributed by atoms with van der Waals surface area (Å²) in [6.07, 6.45) is 12.0. The minimum Gasteiger partial charge on any atom is -0.490 e. The Morgan fingerprint density at radius 3 is 2.51 bits per heavy atom. The Kier molecular flexibility index (Phi) is 15.1. The van der Waals surface area contributed by atoms with E-state index in [-0.39, 0.29) is 17.8 Å². The van der Waals surface area contributed by atoms with Crippen molar-refractivity contribution in [3.05, 3.63) is 59.5 Å². The Balaban J connectivity index is 2.66. The van der Waals surface area contributed by atoms with Gasteiger partial charge in [0.25, 0.3) is 0 Å². The fourth-order valence-electron chi connectivity index (χ4n) is 3.54. The molecular weight excluding hydrogens is 550 g/mol. The highest BCUT2D eigenvalue weighted by Crippen LogP contribution is 2.22. The normalized spacial score (nSPS) is 18.1. The molecule has 1 aliphatic rings. The summed E-state index contributed by atoms with van der Waals surface area (Å²) in [5.74, 6) is 4.29. The van der Waals surface area contributed by atoms with Gasteiger partial charge in [-0.1, -0.05) is 69.4 Å². The van der Waals surface area contributed by atoms with E-state index in [0.29, 0.717) is 24.3 Å². The largest absolute Gasteiger partial charge is 0.490 e. The van der Waals surface area contributed by atoms with Crippen molar-refractivity contribution >= 4 is 35.5 Å². The minimum atomic E-state index is -0.905. The average molecular weight is 590 g/mol. The predicted molar refractivity (Wildman–Crippen MR) is 157 cm³/mol. The van der Waals surface area contributed by atoms with Gasteiger partial charge in [0.1, 0.15) is 18.2 Å². The molecule has 3 amide bonds. The van der Waals surface area contributed by atoms with Crippen molar-refractivity contribution in [1.82, 2.24) is 10.6 Å². The van der Waals surface area contributed by atoms with Crippen molar-refractivity contribution in [3.8, 4) is 11.8 Å². The van der Waals surface area contributed by atoms with Crippen LogP contribution in [0.15, 0.2) is 59.5 Å². The van der Waals surface area contributed by atoms with Gasteiger partial charge in [0, 0.05) is 36.3 Å². The molecular formula is C30H40ClN3O7. The number of nitrogens with one attached hydrogen (secondary N) is 2. The first-order chi connectivity index (χ1) is 19.2. The van der Waals surface area contributed by atoms with Crippen molar-refractivity contribution in [2.75, 3.05) is 7.11 Å². The molecule has 1 aliphatic heterocycles. The maximum Gasteiger partial charge on any atom is 0.404 e. The SMILES string of the molecule is COC1=CC[C@@H]([C@@H](C)/C=C\C#C/C=C/C(=O)N[C@H](C(=O)N/C=C\C[C@H](C/C=C(\C)Cl)OC(N)=O)C(C)(C)C)OC1=O. The molecule has 224 valence electrons. The molecule has 0 spiro atoms. The number of cyclic esters (lactones) is 1. The summed E-state index contributed by atoms with van der Waals surface area (Å²) in [4.78, 5) is 48.2. The Labute approximate surface area is 247 Å². The van der Waals surface area contributed by atoms with Crippen LogP contribution in [0.5, 0.6) is 0 Å². The fourth-order valence-corrected chi connectivity index (χ4v) is 3.63. The molecule has 11 heteroatoms. The Hall–Kier alpha value is -3.97. The van der Waals surface area contributed by atoms with Crippen molar-refractivity contribution in [2.24, 2.45) is 17.1 Å². The van der Waals surface area contributed by atoms with Crippen LogP contribution in [0.2, 0.25) is 0 Å². The average Bonchev–Trinajstić information content (AvgIpc) is 2.88. The predicted octanol–water partition coefficient (Wildman–Crippen LogP) is 4.13. The molecule has 10 nitrogen and oxygen atoms in total. The quantitative estimate of drug-likeness (QED) is 0.176. The number of nitrogens with two attached hydrogens (primary N) is 1. The molecule has 0 fully saturated rings. The van der Waals surface area contributed by atoms with E-state index in [1.807, 2.05) is 33.8 Å². The van der Waals surface area contributed by atoms with Crippen molar-refractivity contribution < 1.29 is 33.4 Å². The molecule has 0 radical (unpaired) electrons. The number of allylic oxidation sites excluding steroid dienone is 3. The lowest BCUT2D eigenvalue weighted by molar-refractivity contribution is -0.151. The summed E-state index contributed by atoms with van der Waals surface area (Å²) in [5.41, 5.74) is 4.52. The van der Waals surface area contributed by atoms with Gasteiger partial charge < -0.3 is 30.6 Å². The second-order valence-corrected chi connectivity index (χ2v) is 10.9. The summed E-state index contributed by atoms with van der Waals surface area (Å²) in [7, 11) is 1.42. The number of hydrogen-bond donors (Lipinski definition) is 3. The molecule has 41 heavy (non-hydrogen) atoms. The highest BCUT2D eigenvalue weighted by molar-refractivity contribution is 6.29. The van der Waals surface area contributed by atoms with Gasteiger partial charge in [-0.25, -0.2) is 9.59 Å². The highest BCUT2D eigenvalue weighted by atomic mass is 35.5. The number of hydrogen-bond acceptors (Lipinski definition) is 7. The van der Waals surface area contributed by atoms with E-state index in [1.54, 1.807) is 31.2 Å². The van der Waals surface area contributed by atoms with Crippen LogP contribution in [-0.2, 0) is 28.6 Å². The van der Waals surface area contributed by atoms with E-state index >= 15 is 0 Å². The lowest BCUT2D eigenvalue weighted by atomic mass is 9.86. The van der Waals surface area contributed by atoms with Gasteiger partial charge in [-0.2, -0.15) is 0 Å². The zero-order valence-electron chi connectivity index (χ0n) is 24.4. The van der Waals surface area contributed by atoms with E-state index in [4.69, 9.17) is 31.5 Å². The van der Waals surface area contributed by atoms with Crippen molar-refractivity contribution in [2.45, 2.75) is 72.1 Å². The van der Waals surface area contributed by atoms with Crippen LogP contribution in [0.1, 0.15) is 53.9 Å². The Morgan fingerprint density at radius 1 is 1.24 bits per heavy atom. The molecule has 1 rings (SSSR count). The number of primary amides is 1. The van der Waals surface area contributed by atoms with Gasteiger partial charge in [0.15, 0.2) is 5.76 Å². The van der Waals surface area contributed by atoms with Gasteiger partial charge >= 0.3 is 12.1 Å². The van der Waals surface area contributed by atoms with Crippen LogP contribution in [0.3, 0.4) is 0 Å².